The Morgan fingerprint density at radius 1 is 1.14 bits per heavy atom. The van der Waals surface area contributed by atoms with Gasteiger partial charge in [-0.15, -0.1) is 11.3 Å². The van der Waals surface area contributed by atoms with Crippen molar-refractivity contribution in [3.8, 4) is 11.1 Å². The zero-order valence-electron chi connectivity index (χ0n) is 16.0. The van der Waals surface area contributed by atoms with Gasteiger partial charge in [0.2, 0.25) is 0 Å². The van der Waals surface area contributed by atoms with Gasteiger partial charge in [-0.2, -0.15) is 0 Å². The van der Waals surface area contributed by atoms with Crippen molar-refractivity contribution >= 4 is 34.3 Å². The number of morpholine rings is 1. The summed E-state index contributed by atoms with van der Waals surface area (Å²) in [5.74, 6) is -1.37. The van der Waals surface area contributed by atoms with Crippen LogP contribution in [-0.2, 0) is 19.0 Å². The van der Waals surface area contributed by atoms with E-state index in [0.717, 1.165) is 29.2 Å². The minimum absolute atomic E-state index is 0.140. The van der Waals surface area contributed by atoms with E-state index in [9.17, 15) is 14.4 Å². The second-order valence-corrected chi connectivity index (χ2v) is 7.17. The second kappa shape index (κ2) is 10.0. The number of hydrogen-bond donors (Lipinski definition) is 1. The lowest BCUT2D eigenvalue weighted by Crippen LogP contribution is -2.35. The van der Waals surface area contributed by atoms with E-state index in [1.165, 1.54) is 11.3 Å². The number of thiophene rings is 1. The number of nitrogens with one attached hydrogen (secondary N) is 1. The van der Waals surface area contributed by atoms with Crippen LogP contribution in [0.25, 0.3) is 11.1 Å². The molecule has 1 aromatic heterocycles. The summed E-state index contributed by atoms with van der Waals surface area (Å²) in [5, 5.41) is 2.95. The maximum Gasteiger partial charge on any atom is 0.413 e. The third-order valence-corrected chi connectivity index (χ3v) is 5.32. The molecule has 1 aliphatic rings. The number of rotatable bonds is 6. The number of carbonyl (C=O) groups is 3. The van der Waals surface area contributed by atoms with Crippen molar-refractivity contribution in [2.75, 3.05) is 44.4 Å². The van der Waals surface area contributed by atoms with Crippen LogP contribution in [-0.4, -0.2) is 57.5 Å². The summed E-state index contributed by atoms with van der Waals surface area (Å²) >= 11 is 1.32. The van der Waals surface area contributed by atoms with Crippen molar-refractivity contribution in [3.05, 3.63) is 41.3 Å². The van der Waals surface area contributed by atoms with Crippen LogP contribution >= 0.6 is 11.3 Å². The third-order valence-electron chi connectivity index (χ3n) is 4.15. The molecule has 0 saturated carbocycles. The Bertz CT molecular complexity index is 861. The highest BCUT2D eigenvalue weighted by Crippen LogP contribution is 2.39. The predicted molar refractivity (Wildman–Crippen MR) is 108 cm³/mol. The van der Waals surface area contributed by atoms with Gasteiger partial charge in [0.15, 0.2) is 6.61 Å². The Labute approximate surface area is 172 Å². The third kappa shape index (κ3) is 5.55. The molecule has 1 saturated heterocycles. The molecule has 154 valence electrons. The summed E-state index contributed by atoms with van der Waals surface area (Å²) in [7, 11) is 0. The van der Waals surface area contributed by atoms with Gasteiger partial charge in [-0.3, -0.25) is 10.1 Å². The number of anilines is 1. The Balaban J connectivity index is 1.73. The highest BCUT2D eigenvalue weighted by atomic mass is 32.1. The van der Waals surface area contributed by atoms with Crippen LogP contribution in [0, 0.1) is 0 Å². The zero-order chi connectivity index (χ0) is 20.6. The molecule has 9 heteroatoms. The van der Waals surface area contributed by atoms with Crippen LogP contribution in [0.15, 0.2) is 36.4 Å². The summed E-state index contributed by atoms with van der Waals surface area (Å²) < 4.78 is 15.1. The summed E-state index contributed by atoms with van der Waals surface area (Å²) in [4.78, 5) is 38.0. The number of nitrogens with zero attached hydrogens (tertiary/aromatic N) is 1. The Morgan fingerprint density at radius 2 is 1.86 bits per heavy atom. The van der Waals surface area contributed by atoms with Crippen molar-refractivity contribution in [1.29, 1.82) is 0 Å². The Morgan fingerprint density at radius 3 is 2.55 bits per heavy atom. The summed E-state index contributed by atoms with van der Waals surface area (Å²) in [6.45, 7) is 3.91. The van der Waals surface area contributed by atoms with Gasteiger partial charge < -0.3 is 19.1 Å². The molecule has 2 aromatic rings. The molecule has 0 radical (unpaired) electrons. The van der Waals surface area contributed by atoms with Gasteiger partial charge in [0, 0.05) is 18.7 Å². The van der Waals surface area contributed by atoms with Crippen molar-refractivity contribution in [2.45, 2.75) is 6.92 Å². The van der Waals surface area contributed by atoms with Gasteiger partial charge in [-0.25, -0.2) is 9.59 Å². The van der Waals surface area contributed by atoms with E-state index in [0.29, 0.717) is 18.1 Å². The van der Waals surface area contributed by atoms with E-state index in [4.69, 9.17) is 9.47 Å². The standard InChI is InChI=1S/C20H22N2O6S/c1-2-27-20(25)21-17(23)13-28-19(24)16-12-15(14-6-4-3-5-7-14)18(29-16)22-8-10-26-11-9-22/h3-7,12H,2,8-11,13H2,1H3,(H,21,23,25). The van der Waals surface area contributed by atoms with Crippen LogP contribution in [0.1, 0.15) is 16.6 Å². The fourth-order valence-corrected chi connectivity index (χ4v) is 3.95. The number of benzene rings is 1. The van der Waals surface area contributed by atoms with Gasteiger partial charge in [0.1, 0.15) is 4.88 Å². The van der Waals surface area contributed by atoms with Gasteiger partial charge >= 0.3 is 12.1 Å². The molecule has 2 amide bonds. The van der Waals surface area contributed by atoms with Crippen LogP contribution in [0.3, 0.4) is 0 Å². The van der Waals surface area contributed by atoms with E-state index in [-0.39, 0.29) is 6.61 Å². The van der Waals surface area contributed by atoms with E-state index in [1.807, 2.05) is 35.6 Å². The molecule has 0 spiro atoms. The second-order valence-electron chi connectivity index (χ2n) is 6.14. The molecule has 1 aromatic carbocycles. The van der Waals surface area contributed by atoms with Gasteiger partial charge in [-0.1, -0.05) is 30.3 Å². The SMILES string of the molecule is CCOC(=O)NC(=O)COC(=O)c1cc(-c2ccccc2)c(N2CCOCC2)s1. The smallest absolute Gasteiger partial charge is 0.413 e. The molecule has 1 fully saturated rings. The molecule has 8 nitrogen and oxygen atoms in total. The van der Waals surface area contributed by atoms with E-state index >= 15 is 0 Å². The van der Waals surface area contributed by atoms with Crippen molar-refractivity contribution < 1.29 is 28.6 Å². The van der Waals surface area contributed by atoms with Crippen molar-refractivity contribution in [3.63, 3.8) is 0 Å². The molecular weight excluding hydrogens is 396 g/mol. The summed E-state index contributed by atoms with van der Waals surface area (Å²) in [6, 6.07) is 11.5. The fourth-order valence-electron chi connectivity index (χ4n) is 2.83. The molecule has 1 N–H and O–H groups in total. The lowest BCUT2D eigenvalue weighted by molar-refractivity contribution is -0.123. The number of imide groups is 1. The average Bonchev–Trinajstić information content (AvgIpc) is 3.19. The van der Waals surface area contributed by atoms with Crippen molar-refractivity contribution in [1.82, 2.24) is 5.32 Å². The summed E-state index contributed by atoms with van der Waals surface area (Å²) in [5.41, 5.74) is 1.92. The first-order chi connectivity index (χ1) is 14.1. The monoisotopic (exact) mass is 418 g/mol. The molecule has 29 heavy (non-hydrogen) atoms. The van der Waals surface area contributed by atoms with Gasteiger partial charge in [-0.05, 0) is 18.6 Å². The molecule has 0 atom stereocenters. The molecule has 2 heterocycles. The minimum Gasteiger partial charge on any atom is -0.451 e. The maximum atomic E-state index is 12.5. The lowest BCUT2D eigenvalue weighted by Gasteiger charge is -2.28. The van der Waals surface area contributed by atoms with Crippen LogP contribution in [0.5, 0.6) is 0 Å². The normalized spacial score (nSPS) is 13.6. The maximum absolute atomic E-state index is 12.5. The quantitative estimate of drug-likeness (QED) is 0.721. The number of ether oxygens (including phenoxy) is 3. The lowest BCUT2D eigenvalue weighted by atomic mass is 10.1. The van der Waals surface area contributed by atoms with Crippen molar-refractivity contribution in [2.24, 2.45) is 0 Å². The average molecular weight is 418 g/mol. The molecular formula is C20H22N2O6S. The molecule has 1 aliphatic heterocycles. The first-order valence-corrected chi connectivity index (χ1v) is 10.1. The van der Waals surface area contributed by atoms with Crippen LogP contribution in [0.2, 0.25) is 0 Å². The first-order valence-electron chi connectivity index (χ1n) is 9.24. The topological polar surface area (TPSA) is 94.2 Å². The van der Waals surface area contributed by atoms with E-state index in [1.54, 1.807) is 13.0 Å². The largest absolute Gasteiger partial charge is 0.451 e. The molecule has 0 aliphatic carbocycles. The van der Waals surface area contributed by atoms with Crippen LogP contribution < -0.4 is 10.2 Å². The molecule has 0 unspecified atom stereocenters. The number of carbonyl (C=O) groups excluding carboxylic acids is 3. The van der Waals surface area contributed by atoms with Gasteiger partial charge in [0.25, 0.3) is 5.91 Å². The van der Waals surface area contributed by atoms with Gasteiger partial charge in [0.05, 0.1) is 24.8 Å². The fraction of sp³-hybridized carbons (Fsp3) is 0.350. The minimum atomic E-state index is -0.870. The number of alkyl carbamates (subject to hydrolysis) is 1. The number of esters is 1. The zero-order valence-corrected chi connectivity index (χ0v) is 16.8. The van der Waals surface area contributed by atoms with E-state index < -0.39 is 24.6 Å². The number of hydrogen-bond acceptors (Lipinski definition) is 8. The Hall–Kier alpha value is -2.91. The molecule has 3 rings (SSSR count). The van der Waals surface area contributed by atoms with E-state index in [2.05, 4.69) is 9.64 Å². The van der Waals surface area contributed by atoms with Crippen LogP contribution in [0.4, 0.5) is 9.80 Å². The predicted octanol–water partition coefficient (Wildman–Crippen LogP) is 2.68. The molecule has 0 bridgehead atoms. The highest BCUT2D eigenvalue weighted by Gasteiger charge is 2.23. The summed E-state index contributed by atoms with van der Waals surface area (Å²) in [6.07, 6.45) is -0.870. The number of amides is 2. The first kappa shape index (κ1) is 20.8. The Kier molecular flexibility index (Phi) is 7.20. The highest BCUT2D eigenvalue weighted by molar-refractivity contribution is 7.18.